The van der Waals surface area contributed by atoms with E-state index in [1.54, 1.807) is 0 Å². The molecule has 104 valence electrons. The van der Waals surface area contributed by atoms with E-state index in [1.807, 2.05) is 0 Å². The number of halogens is 2. The topological polar surface area (TPSA) is 54.4 Å². The predicted octanol–water partition coefficient (Wildman–Crippen LogP) is 3.07. The normalized spacial score (nSPS) is 43.4. The van der Waals surface area contributed by atoms with E-state index in [-0.39, 0.29) is 0 Å². The summed E-state index contributed by atoms with van der Waals surface area (Å²) in [6.07, 6.45) is 4.81. The van der Waals surface area contributed by atoms with Crippen molar-refractivity contribution < 1.29 is 21.8 Å². The van der Waals surface area contributed by atoms with Gasteiger partial charge in [-0.25, -0.2) is 0 Å². The summed E-state index contributed by atoms with van der Waals surface area (Å²) in [6.45, 7) is 0. The summed E-state index contributed by atoms with van der Waals surface area (Å²) in [7, 11) is -5.28. The molecule has 0 amide bonds. The third-order valence-electron chi connectivity index (χ3n) is 5.12. The average Bonchev–Trinajstić information content (AvgIpc) is 2.10. The molecule has 0 aromatic carbocycles. The first-order valence-corrected chi connectivity index (χ1v) is 7.98. The van der Waals surface area contributed by atoms with E-state index in [1.165, 1.54) is 0 Å². The van der Waals surface area contributed by atoms with Crippen LogP contribution in [0.15, 0.2) is 0 Å². The monoisotopic (exact) mass is 280 g/mol. The second-order valence-corrected chi connectivity index (χ2v) is 8.25. The van der Waals surface area contributed by atoms with E-state index in [0.29, 0.717) is 37.0 Å². The number of alkyl halides is 2. The van der Waals surface area contributed by atoms with Gasteiger partial charge >= 0.3 is 15.4 Å². The maximum Gasteiger partial charge on any atom is 0.370 e. The zero-order chi connectivity index (χ0) is 13.2. The summed E-state index contributed by atoms with van der Waals surface area (Å²) >= 11 is 0. The average molecular weight is 280 g/mol. The summed E-state index contributed by atoms with van der Waals surface area (Å²) < 4.78 is 57.4. The number of rotatable bonds is 3. The Labute approximate surface area is 106 Å². The lowest BCUT2D eigenvalue weighted by atomic mass is 9.49. The van der Waals surface area contributed by atoms with Crippen molar-refractivity contribution in [1.29, 1.82) is 0 Å². The van der Waals surface area contributed by atoms with Crippen LogP contribution in [0.25, 0.3) is 0 Å². The van der Waals surface area contributed by atoms with Crippen molar-refractivity contribution in [1.82, 2.24) is 0 Å². The highest BCUT2D eigenvalue weighted by atomic mass is 32.2. The molecule has 4 fully saturated rings. The van der Waals surface area contributed by atoms with E-state index >= 15 is 0 Å². The van der Waals surface area contributed by atoms with Gasteiger partial charge in [-0.2, -0.15) is 17.2 Å². The zero-order valence-electron chi connectivity index (χ0n) is 10.1. The molecule has 0 aromatic heterocycles. The van der Waals surface area contributed by atoms with Crippen LogP contribution in [0.5, 0.6) is 0 Å². The standard InChI is InChI=1S/C12H18F2O3S/c13-12(14,18(15,16)17)7-11-4-8-1-9(5-11)3-10(2-8)6-11/h8-10H,1-7H2,(H,15,16,17). The fourth-order valence-corrected chi connectivity index (χ4v) is 5.52. The fourth-order valence-electron chi connectivity index (χ4n) is 5.03. The highest BCUT2D eigenvalue weighted by Gasteiger charge is 2.57. The van der Waals surface area contributed by atoms with Crippen molar-refractivity contribution in [3.05, 3.63) is 0 Å². The van der Waals surface area contributed by atoms with Gasteiger partial charge in [0.05, 0.1) is 0 Å². The second kappa shape index (κ2) is 3.66. The van der Waals surface area contributed by atoms with Gasteiger partial charge in [0.25, 0.3) is 0 Å². The van der Waals surface area contributed by atoms with Crippen molar-refractivity contribution in [3.8, 4) is 0 Å². The molecule has 0 radical (unpaired) electrons. The van der Waals surface area contributed by atoms with Gasteiger partial charge in [-0.05, 0) is 61.7 Å². The number of hydrogen-bond acceptors (Lipinski definition) is 2. The smallest absolute Gasteiger partial charge is 0.281 e. The Morgan fingerprint density at radius 3 is 1.78 bits per heavy atom. The van der Waals surface area contributed by atoms with Crippen molar-refractivity contribution in [3.63, 3.8) is 0 Å². The van der Waals surface area contributed by atoms with Gasteiger partial charge in [-0.15, -0.1) is 0 Å². The molecular weight excluding hydrogens is 262 g/mol. The van der Waals surface area contributed by atoms with E-state index in [4.69, 9.17) is 4.55 Å². The van der Waals surface area contributed by atoms with Crippen molar-refractivity contribution in [2.75, 3.05) is 0 Å². The van der Waals surface area contributed by atoms with Crippen LogP contribution >= 0.6 is 0 Å². The van der Waals surface area contributed by atoms with Crippen LogP contribution < -0.4 is 0 Å². The van der Waals surface area contributed by atoms with Crippen LogP contribution in [0.2, 0.25) is 0 Å². The molecule has 0 aliphatic heterocycles. The molecule has 0 aromatic rings. The van der Waals surface area contributed by atoms with E-state index in [9.17, 15) is 17.2 Å². The zero-order valence-corrected chi connectivity index (χ0v) is 10.9. The lowest BCUT2D eigenvalue weighted by Gasteiger charge is -2.57. The Morgan fingerprint density at radius 2 is 1.44 bits per heavy atom. The van der Waals surface area contributed by atoms with E-state index in [0.717, 1.165) is 19.3 Å². The van der Waals surface area contributed by atoms with Crippen LogP contribution in [-0.2, 0) is 10.1 Å². The molecule has 0 saturated heterocycles. The van der Waals surface area contributed by atoms with Gasteiger partial charge in [0.1, 0.15) is 0 Å². The third-order valence-corrected chi connectivity index (χ3v) is 6.02. The summed E-state index contributed by atoms with van der Waals surface area (Å²) in [6, 6.07) is 0. The SMILES string of the molecule is O=S(=O)(O)C(F)(F)CC12CC3CC(CC(C3)C1)C2. The van der Waals surface area contributed by atoms with Crippen LogP contribution in [0.3, 0.4) is 0 Å². The van der Waals surface area contributed by atoms with Crippen molar-refractivity contribution in [2.45, 2.75) is 50.2 Å². The Bertz CT molecular complexity index is 423. The molecule has 4 aliphatic rings. The Kier molecular flexibility index (Phi) is 2.60. The first-order valence-electron chi connectivity index (χ1n) is 6.54. The summed E-state index contributed by atoms with van der Waals surface area (Å²) in [4.78, 5) is 0. The van der Waals surface area contributed by atoms with Gasteiger partial charge < -0.3 is 0 Å². The minimum absolute atomic E-state index is 0.494. The van der Waals surface area contributed by atoms with Gasteiger partial charge in [0.15, 0.2) is 0 Å². The van der Waals surface area contributed by atoms with Crippen LogP contribution in [0.4, 0.5) is 8.78 Å². The maximum absolute atomic E-state index is 13.6. The van der Waals surface area contributed by atoms with Crippen molar-refractivity contribution >= 4 is 10.1 Å². The number of hydrogen-bond donors (Lipinski definition) is 1. The second-order valence-electron chi connectivity index (χ2n) is 6.71. The third kappa shape index (κ3) is 1.97. The lowest BCUT2D eigenvalue weighted by Crippen LogP contribution is -2.49. The summed E-state index contributed by atoms with van der Waals surface area (Å²) in [5.74, 6) is 1.48. The van der Waals surface area contributed by atoms with Gasteiger partial charge in [-0.1, -0.05) is 0 Å². The summed E-state index contributed by atoms with van der Waals surface area (Å²) in [5.41, 5.74) is -0.548. The lowest BCUT2D eigenvalue weighted by molar-refractivity contribution is -0.0933. The molecule has 3 nitrogen and oxygen atoms in total. The molecular formula is C12H18F2O3S. The Morgan fingerprint density at radius 1 is 1.06 bits per heavy atom. The molecule has 4 bridgehead atoms. The highest BCUT2D eigenvalue weighted by molar-refractivity contribution is 7.86. The predicted molar refractivity (Wildman–Crippen MR) is 61.7 cm³/mol. The summed E-state index contributed by atoms with van der Waals surface area (Å²) in [5, 5.41) is -3.99. The first-order chi connectivity index (χ1) is 8.19. The van der Waals surface area contributed by atoms with Crippen LogP contribution in [-0.4, -0.2) is 18.2 Å². The largest absolute Gasteiger partial charge is 0.370 e. The van der Waals surface area contributed by atoms with Gasteiger partial charge in [0, 0.05) is 6.42 Å². The molecule has 18 heavy (non-hydrogen) atoms. The van der Waals surface area contributed by atoms with Gasteiger partial charge in [-0.3, -0.25) is 4.55 Å². The molecule has 1 N–H and O–H groups in total. The molecule has 4 rings (SSSR count). The molecule has 0 spiro atoms. The van der Waals surface area contributed by atoms with Gasteiger partial charge in [0.2, 0.25) is 0 Å². The highest BCUT2D eigenvalue weighted by Crippen LogP contribution is 2.63. The minimum Gasteiger partial charge on any atom is -0.281 e. The maximum atomic E-state index is 13.6. The van der Waals surface area contributed by atoms with E-state index in [2.05, 4.69) is 0 Å². The first kappa shape index (κ1) is 12.8. The molecule has 4 saturated carbocycles. The molecule has 0 heterocycles. The van der Waals surface area contributed by atoms with Crippen molar-refractivity contribution in [2.24, 2.45) is 23.2 Å². The molecule has 0 unspecified atom stereocenters. The Hall–Kier alpha value is -0.230. The molecule has 0 atom stereocenters. The van der Waals surface area contributed by atoms with Crippen LogP contribution in [0.1, 0.15) is 44.9 Å². The minimum atomic E-state index is -5.28. The fraction of sp³-hybridized carbons (Fsp3) is 1.00. The molecule has 6 heteroatoms. The quantitative estimate of drug-likeness (QED) is 0.808. The van der Waals surface area contributed by atoms with Crippen LogP contribution in [0, 0.1) is 23.2 Å². The molecule has 4 aliphatic carbocycles. The Balaban J connectivity index is 1.84. The van der Waals surface area contributed by atoms with E-state index < -0.39 is 27.2 Å².